The predicted molar refractivity (Wildman–Crippen MR) is 297 cm³/mol. The maximum atomic E-state index is 5.68. The molecule has 0 spiro atoms. The Morgan fingerprint density at radius 2 is 0.903 bits per heavy atom. The summed E-state index contributed by atoms with van der Waals surface area (Å²) in [7, 11) is 0. The van der Waals surface area contributed by atoms with E-state index < -0.39 is 0 Å². The number of fused-ring (bicyclic) bond motifs is 9. The molecule has 0 unspecified atom stereocenters. The van der Waals surface area contributed by atoms with Crippen molar-refractivity contribution in [2.75, 3.05) is 4.90 Å². The third-order valence-corrected chi connectivity index (χ3v) is 14.8. The van der Waals surface area contributed by atoms with Gasteiger partial charge in [0, 0.05) is 60.7 Å². The lowest BCUT2D eigenvalue weighted by Crippen LogP contribution is -2.18. The highest BCUT2D eigenvalue weighted by atomic mass is 15.3. The molecule has 3 aromatic heterocycles. The monoisotopic (exact) mass is 922 g/mol. The molecule has 14 rings (SSSR count). The topological polar surface area (TPSA) is 51.8 Å². The molecule has 0 fully saturated rings. The van der Waals surface area contributed by atoms with Crippen LogP contribution < -0.4 is 4.90 Å². The molecule has 0 N–H and O–H groups in total. The molecule has 0 saturated heterocycles. The molecule has 0 amide bonds. The molecule has 10 aromatic carbocycles. The molecule has 13 aromatic rings. The van der Waals surface area contributed by atoms with Gasteiger partial charge in [0.05, 0.1) is 27.8 Å². The second-order valence-corrected chi connectivity index (χ2v) is 19.2. The van der Waals surface area contributed by atoms with Crippen LogP contribution in [0.25, 0.3) is 100 Å². The number of hydrogen-bond acceptors (Lipinski definition) is 4. The Morgan fingerprint density at radius 3 is 1.65 bits per heavy atom. The molecule has 0 atom stereocenters. The molecule has 0 saturated carbocycles. The zero-order valence-electron chi connectivity index (χ0n) is 39.8. The SMILES string of the molecule is CC1(C)c2ccccc2-c2c(N(c3ccc(-c4ccccc4)cc3)c3nc(-c4ccc5c(c4)c4ccccc4n5-c4ccccc4)nc(-c4cccc5c6ccccc6n(-c6ccccc6)c45)n3)cccc21. The molecular formula is C66H46N6. The highest BCUT2D eigenvalue weighted by Gasteiger charge is 2.38. The summed E-state index contributed by atoms with van der Waals surface area (Å²) in [6.07, 6.45) is 0. The van der Waals surface area contributed by atoms with Crippen LogP contribution in [0.5, 0.6) is 0 Å². The average Bonchev–Trinajstić information content (AvgIpc) is 4.05. The summed E-state index contributed by atoms with van der Waals surface area (Å²) in [5, 5.41) is 4.56. The molecular weight excluding hydrogens is 877 g/mol. The Morgan fingerprint density at radius 1 is 0.375 bits per heavy atom. The van der Waals surface area contributed by atoms with Crippen molar-refractivity contribution < 1.29 is 0 Å². The summed E-state index contributed by atoms with van der Waals surface area (Å²) in [5.41, 5.74) is 17.3. The number of hydrogen-bond donors (Lipinski definition) is 0. The Hall–Kier alpha value is -9.39. The first-order valence-corrected chi connectivity index (χ1v) is 24.6. The highest BCUT2D eigenvalue weighted by Crippen LogP contribution is 2.54. The van der Waals surface area contributed by atoms with Gasteiger partial charge in [0.15, 0.2) is 11.6 Å². The highest BCUT2D eigenvalue weighted by molar-refractivity contribution is 6.14. The molecule has 0 radical (unpaired) electrons. The van der Waals surface area contributed by atoms with Crippen molar-refractivity contribution in [1.29, 1.82) is 0 Å². The molecule has 6 nitrogen and oxygen atoms in total. The van der Waals surface area contributed by atoms with E-state index >= 15 is 0 Å². The first-order valence-electron chi connectivity index (χ1n) is 24.6. The zero-order valence-corrected chi connectivity index (χ0v) is 39.8. The van der Waals surface area contributed by atoms with Gasteiger partial charge in [-0.2, -0.15) is 9.97 Å². The van der Waals surface area contributed by atoms with Gasteiger partial charge in [0.2, 0.25) is 5.95 Å². The van der Waals surface area contributed by atoms with Crippen molar-refractivity contribution in [3.8, 4) is 56.4 Å². The fraction of sp³-hybridized carbons (Fsp3) is 0.0455. The van der Waals surface area contributed by atoms with E-state index in [-0.39, 0.29) is 5.41 Å². The van der Waals surface area contributed by atoms with Gasteiger partial charge in [-0.25, -0.2) is 4.98 Å². The Balaban J connectivity index is 1.07. The zero-order chi connectivity index (χ0) is 47.9. The van der Waals surface area contributed by atoms with Crippen LogP contribution in [0, 0.1) is 0 Å². The summed E-state index contributed by atoms with van der Waals surface area (Å²) >= 11 is 0. The third-order valence-electron chi connectivity index (χ3n) is 14.8. The van der Waals surface area contributed by atoms with Crippen LogP contribution in [-0.2, 0) is 5.41 Å². The van der Waals surface area contributed by atoms with E-state index in [4.69, 9.17) is 15.0 Å². The van der Waals surface area contributed by atoms with Crippen LogP contribution in [0.15, 0.2) is 243 Å². The van der Waals surface area contributed by atoms with Gasteiger partial charge >= 0.3 is 0 Å². The fourth-order valence-electron chi connectivity index (χ4n) is 11.4. The number of aromatic nitrogens is 5. The van der Waals surface area contributed by atoms with Gasteiger partial charge in [0.1, 0.15) is 0 Å². The number of anilines is 3. The van der Waals surface area contributed by atoms with Gasteiger partial charge in [-0.1, -0.05) is 178 Å². The maximum Gasteiger partial charge on any atom is 0.238 e. The van der Waals surface area contributed by atoms with Crippen LogP contribution >= 0.6 is 0 Å². The fourth-order valence-corrected chi connectivity index (χ4v) is 11.4. The average molecular weight is 923 g/mol. The van der Waals surface area contributed by atoms with E-state index in [9.17, 15) is 0 Å². The van der Waals surface area contributed by atoms with Crippen molar-refractivity contribution in [3.05, 3.63) is 254 Å². The minimum atomic E-state index is -0.227. The molecule has 3 heterocycles. The van der Waals surface area contributed by atoms with Crippen molar-refractivity contribution in [2.24, 2.45) is 0 Å². The van der Waals surface area contributed by atoms with E-state index in [1.54, 1.807) is 0 Å². The van der Waals surface area contributed by atoms with Crippen LogP contribution in [0.1, 0.15) is 25.0 Å². The molecule has 6 heteroatoms. The van der Waals surface area contributed by atoms with Gasteiger partial charge < -0.3 is 9.13 Å². The lowest BCUT2D eigenvalue weighted by atomic mass is 9.82. The van der Waals surface area contributed by atoms with Gasteiger partial charge in [-0.15, -0.1) is 0 Å². The maximum absolute atomic E-state index is 5.68. The standard InChI is InChI=1S/C66H46N6/c1-66(2)55-31-15-12-28-52(55)61-56(66)32-19-35-60(61)72(48-39-36-44(37-40-48)43-20-6-3-7-21-43)65-68-63(45-38-41-59-54(42-45)50-27-14-16-33-57(50)70(59)46-22-8-4-9-23-46)67-64(69-65)53-30-18-29-51-49-26-13-17-34-58(49)71(62(51)53)47-24-10-5-11-25-47/h3-42H,1-2H3. The molecule has 340 valence electrons. The molecule has 0 bridgehead atoms. The van der Waals surface area contributed by atoms with E-state index in [1.165, 1.54) is 22.3 Å². The Labute approximate surface area is 417 Å². The molecule has 0 aliphatic heterocycles. The molecule has 1 aliphatic carbocycles. The summed E-state index contributed by atoms with van der Waals surface area (Å²) in [6, 6.07) is 86.6. The molecule has 1 aliphatic rings. The van der Waals surface area contributed by atoms with Crippen molar-refractivity contribution >= 4 is 60.9 Å². The number of rotatable bonds is 8. The molecule has 72 heavy (non-hydrogen) atoms. The first kappa shape index (κ1) is 41.6. The normalized spacial score (nSPS) is 12.7. The van der Waals surface area contributed by atoms with E-state index in [0.717, 1.165) is 88.6 Å². The van der Waals surface area contributed by atoms with Crippen molar-refractivity contribution in [2.45, 2.75) is 19.3 Å². The van der Waals surface area contributed by atoms with Crippen LogP contribution in [0.2, 0.25) is 0 Å². The van der Waals surface area contributed by atoms with E-state index in [0.29, 0.717) is 17.6 Å². The van der Waals surface area contributed by atoms with Crippen LogP contribution in [-0.4, -0.2) is 24.1 Å². The largest absolute Gasteiger partial charge is 0.309 e. The Bertz CT molecular complexity index is 4230. The van der Waals surface area contributed by atoms with Crippen molar-refractivity contribution in [1.82, 2.24) is 24.1 Å². The minimum Gasteiger partial charge on any atom is -0.309 e. The Kier molecular flexibility index (Phi) is 9.45. The van der Waals surface area contributed by atoms with Gasteiger partial charge in [0.25, 0.3) is 0 Å². The minimum absolute atomic E-state index is 0.227. The summed E-state index contributed by atoms with van der Waals surface area (Å²) in [5.74, 6) is 1.67. The van der Waals surface area contributed by atoms with Gasteiger partial charge in [-0.05, 0) is 107 Å². The second-order valence-electron chi connectivity index (χ2n) is 19.2. The number of benzene rings is 10. The van der Waals surface area contributed by atoms with Crippen molar-refractivity contribution in [3.63, 3.8) is 0 Å². The predicted octanol–water partition coefficient (Wildman–Crippen LogP) is 16.8. The number of para-hydroxylation sites is 5. The lowest BCUT2D eigenvalue weighted by molar-refractivity contribution is 0.660. The smallest absolute Gasteiger partial charge is 0.238 e. The van der Waals surface area contributed by atoms with E-state index in [2.05, 4.69) is 271 Å². The number of nitrogens with zero attached hydrogens (tertiary/aromatic N) is 6. The lowest BCUT2D eigenvalue weighted by Gasteiger charge is -2.27. The summed E-state index contributed by atoms with van der Waals surface area (Å²) in [6.45, 7) is 4.66. The van der Waals surface area contributed by atoms with Crippen LogP contribution in [0.4, 0.5) is 17.3 Å². The third kappa shape index (κ3) is 6.46. The van der Waals surface area contributed by atoms with Gasteiger partial charge in [-0.3, -0.25) is 4.90 Å². The second kappa shape index (κ2) is 16.4. The summed E-state index contributed by atoms with van der Waals surface area (Å²) in [4.78, 5) is 19.1. The van der Waals surface area contributed by atoms with Crippen LogP contribution in [0.3, 0.4) is 0 Å². The quantitative estimate of drug-likeness (QED) is 0.152. The van der Waals surface area contributed by atoms with E-state index in [1.807, 2.05) is 0 Å². The summed E-state index contributed by atoms with van der Waals surface area (Å²) < 4.78 is 4.70. The first-order chi connectivity index (χ1) is 35.5.